The van der Waals surface area contributed by atoms with Crippen LogP contribution in [0, 0.1) is 13.8 Å². The van der Waals surface area contributed by atoms with Gasteiger partial charge in [-0.05, 0) is 31.0 Å². The minimum absolute atomic E-state index is 0.129. The van der Waals surface area contributed by atoms with Crippen LogP contribution in [0.3, 0.4) is 0 Å². The molecule has 2 aromatic rings. The second-order valence-electron chi connectivity index (χ2n) is 5.08. The summed E-state index contributed by atoms with van der Waals surface area (Å²) in [6.07, 6.45) is 1.62. The number of rotatable bonds is 4. The third-order valence-corrected chi connectivity index (χ3v) is 4.79. The van der Waals surface area contributed by atoms with Crippen LogP contribution in [0.1, 0.15) is 16.7 Å². The first-order chi connectivity index (χ1) is 9.79. The molecule has 0 saturated heterocycles. The van der Waals surface area contributed by atoms with Crippen LogP contribution in [0.4, 0.5) is 0 Å². The third-order valence-electron chi connectivity index (χ3n) is 3.23. The van der Waals surface area contributed by atoms with Gasteiger partial charge in [-0.1, -0.05) is 23.8 Å². The molecule has 0 fully saturated rings. The third kappa shape index (κ3) is 3.59. The molecule has 1 aromatic carbocycles. The van der Waals surface area contributed by atoms with E-state index in [0.717, 1.165) is 11.1 Å². The zero-order chi connectivity index (χ0) is 15.6. The van der Waals surface area contributed by atoms with Crippen molar-refractivity contribution in [3.05, 3.63) is 63.6 Å². The van der Waals surface area contributed by atoms with Crippen LogP contribution in [0.5, 0.6) is 0 Å². The van der Waals surface area contributed by atoms with E-state index in [1.54, 1.807) is 38.4 Å². The fraction of sp³-hybridized carbons (Fsp3) is 0.267. The quantitative estimate of drug-likeness (QED) is 0.930. The van der Waals surface area contributed by atoms with Gasteiger partial charge in [-0.2, -0.15) is 0 Å². The number of hydrogen-bond acceptors (Lipinski definition) is 3. The SMILES string of the molecule is Cc1ccc(S(=O)(=O)NCc2ccc(=O)n(C)c2)c(C)c1. The van der Waals surface area contributed by atoms with Crippen LogP contribution < -0.4 is 10.3 Å². The number of nitrogens with one attached hydrogen (secondary N) is 1. The van der Waals surface area contributed by atoms with Gasteiger partial charge in [0.2, 0.25) is 15.6 Å². The van der Waals surface area contributed by atoms with Gasteiger partial charge >= 0.3 is 0 Å². The molecule has 112 valence electrons. The summed E-state index contributed by atoms with van der Waals surface area (Å²) in [7, 11) is -1.94. The van der Waals surface area contributed by atoms with Gasteiger partial charge in [-0.3, -0.25) is 4.79 Å². The number of aryl methyl sites for hydroxylation is 3. The fourth-order valence-corrected chi connectivity index (χ4v) is 3.35. The van der Waals surface area contributed by atoms with Crippen molar-refractivity contribution in [1.29, 1.82) is 0 Å². The van der Waals surface area contributed by atoms with Crippen molar-refractivity contribution in [2.75, 3.05) is 0 Å². The molecule has 0 bridgehead atoms. The van der Waals surface area contributed by atoms with Gasteiger partial charge in [0.05, 0.1) is 4.90 Å². The summed E-state index contributed by atoms with van der Waals surface area (Å²) in [4.78, 5) is 11.6. The van der Waals surface area contributed by atoms with Gasteiger partial charge < -0.3 is 4.57 Å². The molecule has 0 saturated carbocycles. The topological polar surface area (TPSA) is 68.2 Å². The van der Waals surface area contributed by atoms with Crippen LogP contribution in [-0.4, -0.2) is 13.0 Å². The Hall–Kier alpha value is -1.92. The number of aromatic nitrogens is 1. The highest BCUT2D eigenvalue weighted by Crippen LogP contribution is 2.16. The molecule has 0 unspecified atom stereocenters. The van der Waals surface area contributed by atoms with Crippen molar-refractivity contribution < 1.29 is 8.42 Å². The second kappa shape index (κ2) is 5.83. The largest absolute Gasteiger partial charge is 0.318 e. The average molecular weight is 306 g/mol. The minimum Gasteiger partial charge on any atom is -0.318 e. The molecule has 21 heavy (non-hydrogen) atoms. The summed E-state index contributed by atoms with van der Waals surface area (Å²) in [6, 6.07) is 8.25. The smallest absolute Gasteiger partial charge is 0.250 e. The van der Waals surface area contributed by atoms with Crippen molar-refractivity contribution in [2.45, 2.75) is 25.3 Å². The Morgan fingerprint density at radius 3 is 2.48 bits per heavy atom. The Morgan fingerprint density at radius 1 is 1.14 bits per heavy atom. The van der Waals surface area contributed by atoms with Crippen molar-refractivity contribution in [3.8, 4) is 0 Å². The standard InChI is InChI=1S/C15H18N2O3S/c1-11-4-6-14(12(2)8-11)21(19,20)16-9-13-5-7-15(18)17(3)10-13/h4-8,10,16H,9H2,1-3H3. The molecule has 0 aliphatic rings. The second-order valence-corrected chi connectivity index (χ2v) is 6.82. The lowest BCUT2D eigenvalue weighted by Gasteiger charge is -2.10. The first-order valence-electron chi connectivity index (χ1n) is 6.52. The van der Waals surface area contributed by atoms with E-state index in [1.807, 2.05) is 13.0 Å². The van der Waals surface area contributed by atoms with Crippen molar-refractivity contribution in [3.63, 3.8) is 0 Å². The molecule has 0 spiro atoms. The molecule has 5 nitrogen and oxygen atoms in total. The van der Waals surface area contributed by atoms with E-state index in [1.165, 1.54) is 10.6 Å². The predicted molar refractivity (Wildman–Crippen MR) is 81.6 cm³/mol. The summed E-state index contributed by atoms with van der Waals surface area (Å²) in [5.74, 6) is 0. The summed E-state index contributed by atoms with van der Waals surface area (Å²) in [5, 5.41) is 0. The number of sulfonamides is 1. The number of pyridine rings is 1. The Kier molecular flexibility index (Phi) is 4.29. The van der Waals surface area contributed by atoms with E-state index >= 15 is 0 Å². The number of nitrogens with zero attached hydrogens (tertiary/aromatic N) is 1. The normalized spacial score (nSPS) is 11.6. The summed E-state index contributed by atoms with van der Waals surface area (Å²) in [5.41, 5.74) is 2.33. The summed E-state index contributed by atoms with van der Waals surface area (Å²) >= 11 is 0. The van der Waals surface area contributed by atoms with Crippen LogP contribution in [0.15, 0.2) is 46.2 Å². The molecular weight excluding hydrogens is 288 g/mol. The highest BCUT2D eigenvalue weighted by atomic mass is 32.2. The van der Waals surface area contributed by atoms with Crippen LogP contribution >= 0.6 is 0 Å². The highest BCUT2D eigenvalue weighted by Gasteiger charge is 2.16. The summed E-state index contributed by atoms with van der Waals surface area (Å²) < 4.78 is 28.6. The Labute approximate surface area is 124 Å². The molecule has 0 radical (unpaired) electrons. The maximum atomic E-state index is 12.3. The lowest BCUT2D eigenvalue weighted by atomic mass is 10.2. The maximum absolute atomic E-state index is 12.3. The average Bonchev–Trinajstić information content (AvgIpc) is 2.40. The minimum atomic E-state index is -3.57. The molecule has 0 amide bonds. The van der Waals surface area contributed by atoms with E-state index in [9.17, 15) is 13.2 Å². The zero-order valence-corrected chi connectivity index (χ0v) is 13.1. The Balaban J connectivity index is 2.21. The molecule has 1 N–H and O–H groups in total. The van der Waals surface area contributed by atoms with Gasteiger partial charge in [0, 0.05) is 25.9 Å². The predicted octanol–water partition coefficient (Wildman–Crippen LogP) is 1.48. The van der Waals surface area contributed by atoms with Crippen LogP contribution in [-0.2, 0) is 23.6 Å². The van der Waals surface area contributed by atoms with Gasteiger partial charge in [0.1, 0.15) is 0 Å². The van der Waals surface area contributed by atoms with Gasteiger partial charge in [-0.25, -0.2) is 13.1 Å². The molecule has 0 aliphatic carbocycles. The number of benzene rings is 1. The van der Waals surface area contributed by atoms with Crippen molar-refractivity contribution >= 4 is 10.0 Å². The van der Waals surface area contributed by atoms with Gasteiger partial charge in [0.25, 0.3) is 0 Å². The summed E-state index contributed by atoms with van der Waals surface area (Å²) in [6.45, 7) is 3.83. The highest BCUT2D eigenvalue weighted by molar-refractivity contribution is 7.89. The van der Waals surface area contributed by atoms with E-state index in [4.69, 9.17) is 0 Å². The van der Waals surface area contributed by atoms with E-state index in [2.05, 4.69) is 4.72 Å². The fourth-order valence-electron chi connectivity index (χ4n) is 2.11. The Bertz CT molecular complexity index is 823. The molecular formula is C15H18N2O3S. The van der Waals surface area contributed by atoms with E-state index in [0.29, 0.717) is 5.56 Å². The van der Waals surface area contributed by atoms with E-state index in [-0.39, 0.29) is 17.0 Å². The molecule has 0 atom stereocenters. The van der Waals surface area contributed by atoms with Gasteiger partial charge in [0.15, 0.2) is 0 Å². The van der Waals surface area contributed by atoms with Crippen LogP contribution in [0.2, 0.25) is 0 Å². The first-order valence-corrected chi connectivity index (χ1v) is 8.00. The molecule has 1 heterocycles. The van der Waals surface area contributed by atoms with Crippen molar-refractivity contribution in [2.24, 2.45) is 7.05 Å². The molecule has 6 heteroatoms. The zero-order valence-electron chi connectivity index (χ0n) is 12.3. The lowest BCUT2D eigenvalue weighted by Crippen LogP contribution is -2.25. The van der Waals surface area contributed by atoms with E-state index < -0.39 is 10.0 Å². The monoisotopic (exact) mass is 306 g/mol. The first kappa shape index (κ1) is 15.5. The van der Waals surface area contributed by atoms with Gasteiger partial charge in [-0.15, -0.1) is 0 Å². The maximum Gasteiger partial charge on any atom is 0.250 e. The Morgan fingerprint density at radius 2 is 1.86 bits per heavy atom. The molecule has 0 aliphatic heterocycles. The van der Waals surface area contributed by atoms with Crippen LogP contribution in [0.25, 0.3) is 0 Å². The molecule has 1 aromatic heterocycles. The van der Waals surface area contributed by atoms with Crippen molar-refractivity contribution in [1.82, 2.24) is 9.29 Å². The lowest BCUT2D eigenvalue weighted by molar-refractivity contribution is 0.580. The number of hydrogen-bond donors (Lipinski definition) is 1. The molecule has 2 rings (SSSR count).